The number of rotatable bonds is 1. The topological polar surface area (TPSA) is 29.9 Å². The summed E-state index contributed by atoms with van der Waals surface area (Å²) in [5.41, 5.74) is 2.03. The molecule has 0 spiro atoms. The van der Waals surface area contributed by atoms with Crippen LogP contribution < -0.4 is 5.32 Å². The fourth-order valence-electron chi connectivity index (χ4n) is 2.62. The third-order valence-corrected chi connectivity index (χ3v) is 3.81. The molecule has 1 aliphatic rings. The first-order valence-corrected chi connectivity index (χ1v) is 6.49. The number of piperidine rings is 1. The van der Waals surface area contributed by atoms with Gasteiger partial charge in [-0.1, -0.05) is 24.1 Å². The van der Waals surface area contributed by atoms with Crippen LogP contribution in [0.5, 0.6) is 0 Å². The molecule has 1 fully saturated rings. The molecule has 90 valence electrons. The van der Waals surface area contributed by atoms with Gasteiger partial charge >= 0.3 is 0 Å². The minimum Gasteiger partial charge on any atom is -0.329 e. The molecule has 1 aromatic carbocycles. The van der Waals surface area contributed by atoms with Gasteiger partial charge in [-0.05, 0) is 31.5 Å². The number of imidazole rings is 1. The molecule has 3 rings (SSSR count). The highest BCUT2D eigenvalue weighted by atomic mass is 35.5. The fourth-order valence-corrected chi connectivity index (χ4v) is 2.92. The normalized spacial score (nSPS) is 20.9. The van der Waals surface area contributed by atoms with Crippen LogP contribution >= 0.6 is 11.6 Å². The van der Waals surface area contributed by atoms with Crippen molar-refractivity contribution in [3.05, 3.63) is 29.0 Å². The second-order valence-electron chi connectivity index (χ2n) is 4.64. The van der Waals surface area contributed by atoms with E-state index < -0.39 is 0 Å². The average Bonchev–Trinajstić information content (AvgIpc) is 2.69. The van der Waals surface area contributed by atoms with Gasteiger partial charge in [0, 0.05) is 7.05 Å². The van der Waals surface area contributed by atoms with Gasteiger partial charge in [-0.2, -0.15) is 0 Å². The molecule has 1 unspecified atom stereocenters. The van der Waals surface area contributed by atoms with Gasteiger partial charge < -0.3 is 9.88 Å². The molecule has 0 saturated carbocycles. The van der Waals surface area contributed by atoms with Gasteiger partial charge in [0.2, 0.25) is 0 Å². The Kier molecular flexibility index (Phi) is 2.81. The maximum absolute atomic E-state index is 6.23. The SMILES string of the molecule is Cn1c(C2CCCCN2)nc2cccc(Cl)c21. The summed E-state index contributed by atoms with van der Waals surface area (Å²) in [7, 11) is 2.05. The molecule has 1 aliphatic heterocycles. The van der Waals surface area contributed by atoms with E-state index in [-0.39, 0.29) is 0 Å². The maximum atomic E-state index is 6.23. The lowest BCUT2D eigenvalue weighted by molar-refractivity contribution is 0.392. The molecule has 1 aromatic heterocycles. The van der Waals surface area contributed by atoms with Crippen LogP contribution in [-0.4, -0.2) is 16.1 Å². The number of hydrogen-bond donors (Lipinski definition) is 1. The highest BCUT2D eigenvalue weighted by Gasteiger charge is 2.21. The van der Waals surface area contributed by atoms with Gasteiger partial charge in [0.25, 0.3) is 0 Å². The smallest absolute Gasteiger partial charge is 0.126 e. The Morgan fingerprint density at radius 3 is 3.00 bits per heavy atom. The van der Waals surface area contributed by atoms with Gasteiger partial charge in [-0.15, -0.1) is 0 Å². The highest BCUT2D eigenvalue weighted by molar-refractivity contribution is 6.35. The van der Waals surface area contributed by atoms with E-state index in [1.807, 2.05) is 25.2 Å². The van der Waals surface area contributed by atoms with Crippen molar-refractivity contribution < 1.29 is 0 Å². The Morgan fingerprint density at radius 2 is 2.29 bits per heavy atom. The molecular weight excluding hydrogens is 234 g/mol. The van der Waals surface area contributed by atoms with Crippen molar-refractivity contribution in [2.75, 3.05) is 6.54 Å². The molecule has 0 radical (unpaired) electrons. The van der Waals surface area contributed by atoms with E-state index in [4.69, 9.17) is 16.6 Å². The van der Waals surface area contributed by atoms with Crippen molar-refractivity contribution in [2.24, 2.45) is 7.05 Å². The van der Waals surface area contributed by atoms with Crippen molar-refractivity contribution in [1.82, 2.24) is 14.9 Å². The number of hydrogen-bond acceptors (Lipinski definition) is 2. The maximum Gasteiger partial charge on any atom is 0.126 e. The van der Waals surface area contributed by atoms with Crippen LogP contribution in [0.1, 0.15) is 31.1 Å². The first-order valence-electron chi connectivity index (χ1n) is 6.11. The fraction of sp³-hybridized carbons (Fsp3) is 0.462. The van der Waals surface area contributed by atoms with E-state index in [1.54, 1.807) is 0 Å². The number of nitrogens with zero attached hydrogens (tertiary/aromatic N) is 2. The van der Waals surface area contributed by atoms with Crippen LogP contribution in [-0.2, 0) is 7.05 Å². The van der Waals surface area contributed by atoms with Gasteiger partial charge in [-0.25, -0.2) is 4.98 Å². The van der Waals surface area contributed by atoms with Crippen LogP contribution in [0.25, 0.3) is 11.0 Å². The predicted octanol–water partition coefficient (Wildman–Crippen LogP) is 3.04. The second-order valence-corrected chi connectivity index (χ2v) is 5.05. The Morgan fingerprint density at radius 1 is 1.41 bits per heavy atom. The summed E-state index contributed by atoms with van der Waals surface area (Å²) < 4.78 is 2.13. The van der Waals surface area contributed by atoms with Crippen LogP contribution in [0, 0.1) is 0 Å². The van der Waals surface area contributed by atoms with Crippen LogP contribution in [0.15, 0.2) is 18.2 Å². The average molecular weight is 250 g/mol. The lowest BCUT2D eigenvalue weighted by atomic mass is 10.0. The zero-order valence-electron chi connectivity index (χ0n) is 9.91. The molecule has 1 atom stereocenters. The molecule has 1 N–H and O–H groups in total. The zero-order chi connectivity index (χ0) is 11.8. The number of aryl methyl sites for hydroxylation is 1. The number of aromatic nitrogens is 2. The number of halogens is 1. The van der Waals surface area contributed by atoms with Gasteiger partial charge in [0.1, 0.15) is 5.82 Å². The van der Waals surface area contributed by atoms with Gasteiger partial charge in [-0.3, -0.25) is 0 Å². The van der Waals surface area contributed by atoms with Crippen molar-refractivity contribution in [3.63, 3.8) is 0 Å². The molecule has 2 aromatic rings. The summed E-state index contributed by atoms with van der Waals surface area (Å²) in [6.45, 7) is 1.08. The first-order chi connectivity index (χ1) is 8.27. The largest absolute Gasteiger partial charge is 0.329 e. The Hall–Kier alpha value is -1.06. The summed E-state index contributed by atoms with van der Waals surface area (Å²) in [6, 6.07) is 6.27. The lowest BCUT2D eigenvalue weighted by Crippen LogP contribution is -2.28. The van der Waals surface area contributed by atoms with Crippen molar-refractivity contribution in [2.45, 2.75) is 25.3 Å². The third-order valence-electron chi connectivity index (χ3n) is 3.50. The molecule has 4 heteroatoms. The number of para-hydroxylation sites is 1. The Bertz CT molecular complexity index is 541. The lowest BCUT2D eigenvalue weighted by Gasteiger charge is -2.22. The standard InChI is InChI=1S/C13H16ClN3/c1-17-12-9(14)5-4-7-10(12)16-13(17)11-6-2-3-8-15-11/h4-5,7,11,15H,2-3,6,8H2,1H3. The molecule has 17 heavy (non-hydrogen) atoms. The van der Waals surface area contributed by atoms with Crippen molar-refractivity contribution >= 4 is 22.6 Å². The summed E-state index contributed by atoms with van der Waals surface area (Å²) in [6.07, 6.45) is 3.70. The monoisotopic (exact) mass is 249 g/mol. The van der Waals surface area contributed by atoms with E-state index in [2.05, 4.69) is 9.88 Å². The van der Waals surface area contributed by atoms with E-state index in [9.17, 15) is 0 Å². The quantitative estimate of drug-likeness (QED) is 0.842. The molecule has 0 aliphatic carbocycles. The summed E-state index contributed by atoms with van der Waals surface area (Å²) in [5.74, 6) is 1.10. The summed E-state index contributed by atoms with van der Waals surface area (Å²) >= 11 is 6.23. The predicted molar refractivity (Wildman–Crippen MR) is 70.3 cm³/mol. The summed E-state index contributed by atoms with van der Waals surface area (Å²) in [5, 5.41) is 4.31. The highest BCUT2D eigenvalue weighted by Crippen LogP contribution is 2.28. The molecular formula is C13H16ClN3. The van der Waals surface area contributed by atoms with Crippen LogP contribution in [0.4, 0.5) is 0 Å². The zero-order valence-corrected chi connectivity index (χ0v) is 10.7. The van der Waals surface area contributed by atoms with Crippen molar-refractivity contribution in [3.8, 4) is 0 Å². The van der Waals surface area contributed by atoms with E-state index in [0.717, 1.165) is 34.8 Å². The number of benzene rings is 1. The Labute approximate surface area is 106 Å². The van der Waals surface area contributed by atoms with Gasteiger partial charge in [0.15, 0.2) is 0 Å². The van der Waals surface area contributed by atoms with Gasteiger partial charge in [0.05, 0.1) is 22.1 Å². The van der Waals surface area contributed by atoms with E-state index in [1.165, 1.54) is 12.8 Å². The molecule has 3 nitrogen and oxygen atoms in total. The van der Waals surface area contributed by atoms with Crippen LogP contribution in [0.3, 0.4) is 0 Å². The number of nitrogens with one attached hydrogen (secondary N) is 1. The molecule has 0 amide bonds. The number of fused-ring (bicyclic) bond motifs is 1. The summed E-state index contributed by atoms with van der Waals surface area (Å²) in [4.78, 5) is 4.71. The Balaban J connectivity index is 2.10. The molecule has 0 bridgehead atoms. The molecule has 2 heterocycles. The third kappa shape index (κ3) is 1.83. The minimum atomic E-state index is 0.372. The van der Waals surface area contributed by atoms with E-state index >= 15 is 0 Å². The van der Waals surface area contributed by atoms with Crippen molar-refractivity contribution in [1.29, 1.82) is 0 Å². The van der Waals surface area contributed by atoms with E-state index in [0.29, 0.717) is 6.04 Å². The molecule has 1 saturated heterocycles. The first kappa shape index (κ1) is 11.1. The second kappa shape index (κ2) is 4.31. The van der Waals surface area contributed by atoms with Crippen LogP contribution in [0.2, 0.25) is 5.02 Å². The minimum absolute atomic E-state index is 0.372.